The van der Waals surface area contributed by atoms with Gasteiger partial charge in [0.15, 0.2) is 0 Å². The van der Waals surface area contributed by atoms with Gasteiger partial charge in [-0.25, -0.2) is 0 Å². The maximum Gasteiger partial charge on any atom is 0.225 e. The van der Waals surface area contributed by atoms with E-state index in [4.69, 9.17) is 10.5 Å². The van der Waals surface area contributed by atoms with E-state index in [0.29, 0.717) is 19.6 Å². The Labute approximate surface area is 210 Å². The lowest BCUT2D eigenvalue weighted by atomic mass is 9.71. The molecule has 3 N–H and O–H groups in total. The summed E-state index contributed by atoms with van der Waals surface area (Å²) in [6, 6.07) is 16.8. The molecule has 2 aromatic rings. The summed E-state index contributed by atoms with van der Waals surface area (Å²) in [6.07, 6.45) is 6.87. The zero-order chi connectivity index (χ0) is 24.8. The quantitative estimate of drug-likeness (QED) is 0.496. The molecule has 2 aliphatic rings. The van der Waals surface area contributed by atoms with Crippen LogP contribution in [-0.4, -0.2) is 48.8 Å². The van der Waals surface area contributed by atoms with E-state index in [-0.39, 0.29) is 23.8 Å². The van der Waals surface area contributed by atoms with Gasteiger partial charge < -0.3 is 20.5 Å². The first-order chi connectivity index (χ1) is 16.9. The highest BCUT2D eigenvalue weighted by Crippen LogP contribution is 2.44. The molecule has 35 heavy (non-hydrogen) atoms. The van der Waals surface area contributed by atoms with Gasteiger partial charge in [0.1, 0.15) is 0 Å². The number of aliphatic hydroxyl groups is 1. The SMILES string of the molecule is COCCCCC(O)(c1ccccc1-c1ccccc1C)C1CCCN(C(=O)C2CCC(N)C2)C1. The van der Waals surface area contributed by atoms with Crippen LogP contribution in [0.1, 0.15) is 62.5 Å². The number of hydrogen-bond acceptors (Lipinski definition) is 4. The molecular weight excluding hydrogens is 436 g/mol. The predicted octanol–water partition coefficient (Wildman–Crippen LogP) is 5.03. The van der Waals surface area contributed by atoms with E-state index in [1.807, 2.05) is 11.0 Å². The Hall–Kier alpha value is -2.21. The number of unbranched alkanes of at least 4 members (excludes halogenated alkanes) is 1. The Bertz CT molecular complexity index is 993. The summed E-state index contributed by atoms with van der Waals surface area (Å²) >= 11 is 0. The minimum absolute atomic E-state index is 0.0111. The molecule has 1 heterocycles. The summed E-state index contributed by atoms with van der Waals surface area (Å²) in [7, 11) is 1.72. The molecule has 0 bridgehead atoms. The first-order valence-electron chi connectivity index (χ1n) is 13.3. The smallest absolute Gasteiger partial charge is 0.225 e. The normalized spacial score (nSPS) is 24.3. The number of nitrogens with two attached hydrogens (primary N) is 1. The number of likely N-dealkylation sites (tertiary alicyclic amines) is 1. The molecule has 0 spiro atoms. The van der Waals surface area contributed by atoms with Crippen LogP contribution in [0.5, 0.6) is 0 Å². The highest BCUT2D eigenvalue weighted by molar-refractivity contribution is 5.79. The molecular formula is C30H42N2O3. The van der Waals surface area contributed by atoms with Crippen molar-refractivity contribution < 1.29 is 14.6 Å². The standard InChI is InChI=1S/C30H42N2O3/c1-22-10-3-4-12-26(22)27-13-5-6-14-28(27)30(34,17-7-8-19-35-2)24-11-9-18-32(21-24)29(33)23-15-16-25(31)20-23/h3-6,10,12-14,23-25,34H,7-9,11,15-21,31H2,1-2H3. The lowest BCUT2D eigenvalue weighted by Gasteiger charge is -2.44. The molecule has 5 heteroatoms. The lowest BCUT2D eigenvalue weighted by molar-refractivity contribution is -0.140. The summed E-state index contributed by atoms with van der Waals surface area (Å²) in [4.78, 5) is 15.4. The average molecular weight is 479 g/mol. The first-order valence-corrected chi connectivity index (χ1v) is 13.3. The van der Waals surface area contributed by atoms with Gasteiger partial charge in [-0.15, -0.1) is 0 Å². The van der Waals surface area contributed by atoms with Gasteiger partial charge in [-0.3, -0.25) is 4.79 Å². The fourth-order valence-electron chi connectivity index (χ4n) is 6.24. The van der Waals surface area contributed by atoms with Crippen molar-refractivity contribution >= 4 is 5.91 Å². The molecule has 5 nitrogen and oxygen atoms in total. The van der Waals surface area contributed by atoms with Gasteiger partial charge in [0, 0.05) is 44.7 Å². The number of carbonyl (C=O) groups excluding carboxylic acids is 1. The van der Waals surface area contributed by atoms with E-state index in [1.54, 1.807) is 7.11 Å². The minimum atomic E-state index is -1.02. The van der Waals surface area contributed by atoms with Crippen molar-refractivity contribution in [1.29, 1.82) is 0 Å². The largest absolute Gasteiger partial charge is 0.385 e. The molecule has 2 fully saturated rings. The highest BCUT2D eigenvalue weighted by Gasteiger charge is 2.43. The van der Waals surface area contributed by atoms with Crippen LogP contribution in [0.2, 0.25) is 0 Å². The van der Waals surface area contributed by atoms with Crippen molar-refractivity contribution in [2.75, 3.05) is 26.8 Å². The zero-order valence-electron chi connectivity index (χ0n) is 21.4. The van der Waals surface area contributed by atoms with Gasteiger partial charge in [0.2, 0.25) is 5.91 Å². The van der Waals surface area contributed by atoms with Gasteiger partial charge >= 0.3 is 0 Å². The third-order valence-corrected chi connectivity index (χ3v) is 8.22. The van der Waals surface area contributed by atoms with Crippen LogP contribution in [-0.2, 0) is 15.1 Å². The second kappa shape index (κ2) is 11.7. The topological polar surface area (TPSA) is 75.8 Å². The van der Waals surface area contributed by atoms with Crippen LogP contribution in [0, 0.1) is 18.8 Å². The summed E-state index contributed by atoms with van der Waals surface area (Å²) in [6.45, 7) is 4.19. The molecule has 1 saturated heterocycles. The number of nitrogens with zero attached hydrogens (tertiary/aromatic N) is 1. The van der Waals surface area contributed by atoms with Crippen molar-refractivity contribution in [2.45, 2.75) is 69.9 Å². The number of carbonyl (C=O) groups is 1. The molecule has 4 atom stereocenters. The Morgan fingerprint density at radius 2 is 1.83 bits per heavy atom. The highest BCUT2D eigenvalue weighted by atomic mass is 16.5. The molecule has 1 amide bonds. The van der Waals surface area contributed by atoms with E-state index >= 15 is 0 Å². The number of methoxy groups -OCH3 is 1. The summed E-state index contributed by atoms with van der Waals surface area (Å²) in [5.41, 5.74) is 9.51. The summed E-state index contributed by atoms with van der Waals surface area (Å²) in [5.74, 6) is 0.261. The number of rotatable bonds is 9. The number of aryl methyl sites for hydroxylation is 1. The van der Waals surface area contributed by atoms with E-state index < -0.39 is 5.60 Å². The number of piperidine rings is 1. The van der Waals surface area contributed by atoms with Gasteiger partial charge in [-0.1, -0.05) is 48.5 Å². The van der Waals surface area contributed by atoms with Gasteiger partial charge in [0.05, 0.1) is 5.60 Å². The molecule has 2 aromatic carbocycles. The maximum atomic E-state index is 13.4. The third-order valence-electron chi connectivity index (χ3n) is 8.22. The molecule has 1 aliphatic heterocycles. The Kier molecular flexibility index (Phi) is 8.64. The fraction of sp³-hybridized carbons (Fsp3) is 0.567. The maximum absolute atomic E-state index is 13.4. The van der Waals surface area contributed by atoms with Crippen molar-refractivity contribution in [3.05, 3.63) is 59.7 Å². The minimum Gasteiger partial charge on any atom is -0.385 e. The number of hydrogen-bond donors (Lipinski definition) is 2. The molecule has 1 aliphatic carbocycles. The van der Waals surface area contributed by atoms with E-state index in [0.717, 1.165) is 68.2 Å². The van der Waals surface area contributed by atoms with E-state index in [2.05, 4.69) is 49.4 Å². The molecule has 4 unspecified atom stereocenters. The van der Waals surface area contributed by atoms with Crippen molar-refractivity contribution in [1.82, 2.24) is 4.90 Å². The average Bonchev–Trinajstić information content (AvgIpc) is 3.32. The Morgan fingerprint density at radius 1 is 1.09 bits per heavy atom. The predicted molar refractivity (Wildman–Crippen MR) is 141 cm³/mol. The number of benzene rings is 2. The number of ether oxygens (including phenoxy) is 1. The summed E-state index contributed by atoms with van der Waals surface area (Å²) in [5, 5.41) is 12.5. The van der Waals surface area contributed by atoms with E-state index in [9.17, 15) is 9.90 Å². The Morgan fingerprint density at radius 3 is 2.54 bits per heavy atom. The van der Waals surface area contributed by atoms with Crippen LogP contribution in [0.4, 0.5) is 0 Å². The second-order valence-corrected chi connectivity index (χ2v) is 10.6. The van der Waals surface area contributed by atoms with Crippen LogP contribution in [0.3, 0.4) is 0 Å². The van der Waals surface area contributed by atoms with Crippen molar-refractivity contribution in [3.63, 3.8) is 0 Å². The van der Waals surface area contributed by atoms with Gasteiger partial charge in [-0.05, 0) is 80.5 Å². The molecule has 4 rings (SSSR count). The molecule has 0 radical (unpaired) electrons. The van der Waals surface area contributed by atoms with Crippen molar-refractivity contribution in [3.8, 4) is 11.1 Å². The number of amides is 1. The monoisotopic (exact) mass is 478 g/mol. The van der Waals surface area contributed by atoms with Crippen LogP contribution >= 0.6 is 0 Å². The Balaban J connectivity index is 1.65. The van der Waals surface area contributed by atoms with Crippen LogP contribution in [0.25, 0.3) is 11.1 Å². The fourth-order valence-corrected chi connectivity index (χ4v) is 6.24. The molecule has 190 valence electrons. The van der Waals surface area contributed by atoms with Gasteiger partial charge in [-0.2, -0.15) is 0 Å². The van der Waals surface area contributed by atoms with Crippen LogP contribution in [0.15, 0.2) is 48.5 Å². The summed E-state index contributed by atoms with van der Waals surface area (Å²) < 4.78 is 5.29. The van der Waals surface area contributed by atoms with Crippen LogP contribution < -0.4 is 5.73 Å². The van der Waals surface area contributed by atoms with Gasteiger partial charge in [0.25, 0.3) is 0 Å². The zero-order valence-corrected chi connectivity index (χ0v) is 21.4. The molecule has 0 aromatic heterocycles. The third kappa shape index (κ3) is 5.79. The lowest BCUT2D eigenvalue weighted by Crippen LogP contribution is -2.49. The second-order valence-electron chi connectivity index (χ2n) is 10.6. The van der Waals surface area contributed by atoms with Crippen molar-refractivity contribution in [2.24, 2.45) is 17.6 Å². The molecule has 1 saturated carbocycles. The van der Waals surface area contributed by atoms with E-state index in [1.165, 1.54) is 5.56 Å². The first kappa shape index (κ1) is 25.9.